The molecular formula is C19H22N4O2S. The fraction of sp³-hybridized carbons (Fsp3) is 0.316. The van der Waals surface area contributed by atoms with E-state index in [2.05, 4.69) is 34.2 Å². The van der Waals surface area contributed by atoms with Crippen LogP contribution in [0.15, 0.2) is 53.8 Å². The topological polar surface area (TPSA) is 59.7 Å². The van der Waals surface area contributed by atoms with Crippen LogP contribution in [0.3, 0.4) is 0 Å². The van der Waals surface area contributed by atoms with Gasteiger partial charge in [-0.3, -0.25) is 9.20 Å². The highest BCUT2D eigenvalue weighted by Crippen LogP contribution is 2.18. The van der Waals surface area contributed by atoms with E-state index in [9.17, 15) is 4.79 Å². The van der Waals surface area contributed by atoms with Gasteiger partial charge in [0, 0.05) is 37.1 Å². The lowest BCUT2D eigenvalue weighted by molar-refractivity contribution is 0.0537. The second-order valence-electron chi connectivity index (χ2n) is 6.04. The summed E-state index contributed by atoms with van der Waals surface area (Å²) in [6.07, 6.45) is 7.25. The van der Waals surface area contributed by atoms with Crippen LogP contribution in [0.1, 0.15) is 23.0 Å². The molecule has 0 aliphatic rings. The fourth-order valence-corrected chi connectivity index (χ4v) is 3.18. The average molecular weight is 370 g/mol. The summed E-state index contributed by atoms with van der Waals surface area (Å²) in [4.78, 5) is 24.7. The average Bonchev–Trinajstić information content (AvgIpc) is 3.10. The zero-order valence-corrected chi connectivity index (χ0v) is 15.9. The first-order valence-corrected chi connectivity index (χ1v) is 9.57. The van der Waals surface area contributed by atoms with Gasteiger partial charge < -0.3 is 9.64 Å². The molecule has 26 heavy (non-hydrogen) atoms. The van der Waals surface area contributed by atoms with E-state index in [1.807, 2.05) is 25.4 Å². The smallest absolute Gasteiger partial charge is 0.274 e. The zero-order valence-electron chi connectivity index (χ0n) is 15.1. The number of benzene rings is 1. The van der Waals surface area contributed by atoms with Crippen LogP contribution >= 0.6 is 11.8 Å². The van der Waals surface area contributed by atoms with Crippen molar-refractivity contribution in [2.24, 2.45) is 0 Å². The van der Waals surface area contributed by atoms with E-state index < -0.39 is 0 Å². The summed E-state index contributed by atoms with van der Waals surface area (Å²) in [7, 11) is 1.64. The molecule has 3 aromatic rings. The molecular weight excluding hydrogens is 348 g/mol. The van der Waals surface area contributed by atoms with Gasteiger partial charge in [0.05, 0.1) is 12.6 Å². The maximum absolute atomic E-state index is 13.1. The molecule has 3 rings (SSSR count). The number of carbonyl (C=O) groups excluding carboxylic acids is 1. The lowest BCUT2D eigenvalue weighted by Gasteiger charge is -2.28. The predicted octanol–water partition coefficient (Wildman–Crippen LogP) is 3.13. The normalized spacial score (nSPS) is 12.3. The maximum Gasteiger partial charge on any atom is 0.274 e. The summed E-state index contributed by atoms with van der Waals surface area (Å²) in [5, 5.41) is 0. The van der Waals surface area contributed by atoms with Gasteiger partial charge in [0.2, 0.25) is 5.78 Å². The van der Waals surface area contributed by atoms with Crippen LogP contribution < -0.4 is 0 Å². The number of amides is 1. The van der Waals surface area contributed by atoms with Gasteiger partial charge in [0.25, 0.3) is 5.91 Å². The number of thioether (sulfide) groups is 1. The standard InChI is InChI=1S/C19H22N4O2S/c1-14(13-25-2)23(11-15-5-7-16(26-3)8-6-15)18(24)17-12-22-10-4-9-20-19(22)21-17/h4-10,12,14H,11,13H2,1-3H3/t14-/m0/s1. The number of aromatic nitrogens is 3. The van der Waals surface area contributed by atoms with Crippen molar-refractivity contribution in [2.45, 2.75) is 24.4 Å². The van der Waals surface area contributed by atoms with Crippen molar-refractivity contribution in [3.8, 4) is 0 Å². The molecule has 0 fully saturated rings. The van der Waals surface area contributed by atoms with Crippen LogP contribution in [0.25, 0.3) is 5.78 Å². The van der Waals surface area contributed by atoms with Gasteiger partial charge in [-0.05, 0) is 36.9 Å². The van der Waals surface area contributed by atoms with Crippen LogP contribution in [-0.2, 0) is 11.3 Å². The monoisotopic (exact) mass is 370 g/mol. The Labute approximate surface area is 157 Å². The number of hydrogen-bond acceptors (Lipinski definition) is 5. The molecule has 0 saturated heterocycles. The minimum absolute atomic E-state index is 0.0782. The van der Waals surface area contributed by atoms with Crippen molar-refractivity contribution in [2.75, 3.05) is 20.0 Å². The van der Waals surface area contributed by atoms with Crippen LogP contribution in [-0.4, -0.2) is 51.2 Å². The van der Waals surface area contributed by atoms with Gasteiger partial charge in [0.1, 0.15) is 5.69 Å². The third kappa shape index (κ3) is 4.05. The van der Waals surface area contributed by atoms with Crippen molar-refractivity contribution in [1.82, 2.24) is 19.3 Å². The van der Waals surface area contributed by atoms with E-state index >= 15 is 0 Å². The largest absolute Gasteiger partial charge is 0.383 e. The second kappa shape index (κ2) is 8.33. The molecule has 2 heterocycles. The van der Waals surface area contributed by atoms with Gasteiger partial charge >= 0.3 is 0 Å². The number of methoxy groups -OCH3 is 1. The Bertz CT molecular complexity index is 846. The van der Waals surface area contributed by atoms with E-state index in [0.29, 0.717) is 24.6 Å². The Morgan fingerprint density at radius 2 is 2.12 bits per heavy atom. The molecule has 0 saturated carbocycles. The van der Waals surface area contributed by atoms with Crippen molar-refractivity contribution in [1.29, 1.82) is 0 Å². The van der Waals surface area contributed by atoms with Crippen LogP contribution in [0, 0.1) is 0 Å². The van der Waals surface area contributed by atoms with Crippen molar-refractivity contribution in [3.63, 3.8) is 0 Å². The molecule has 1 aromatic carbocycles. The minimum Gasteiger partial charge on any atom is -0.383 e. The Hall–Kier alpha value is -2.38. The van der Waals surface area contributed by atoms with Crippen molar-refractivity contribution >= 4 is 23.4 Å². The van der Waals surface area contributed by atoms with E-state index in [0.717, 1.165) is 5.56 Å². The quantitative estimate of drug-likeness (QED) is 0.598. The van der Waals surface area contributed by atoms with E-state index in [4.69, 9.17) is 4.74 Å². The number of nitrogens with zero attached hydrogens (tertiary/aromatic N) is 4. The Balaban J connectivity index is 1.87. The predicted molar refractivity (Wildman–Crippen MR) is 102 cm³/mol. The number of hydrogen-bond donors (Lipinski definition) is 0. The summed E-state index contributed by atoms with van der Waals surface area (Å²) < 4.78 is 7.02. The first kappa shape index (κ1) is 18.4. The number of imidazole rings is 1. The molecule has 2 aromatic heterocycles. The number of fused-ring (bicyclic) bond motifs is 1. The van der Waals surface area contributed by atoms with Gasteiger partial charge in [-0.15, -0.1) is 11.8 Å². The van der Waals surface area contributed by atoms with Crippen molar-refractivity contribution in [3.05, 3.63) is 60.2 Å². The summed E-state index contributed by atoms with van der Waals surface area (Å²) in [5.74, 6) is 0.383. The summed E-state index contributed by atoms with van der Waals surface area (Å²) in [6.45, 7) is 2.94. The lowest BCUT2D eigenvalue weighted by atomic mass is 10.1. The number of ether oxygens (including phenoxy) is 1. The van der Waals surface area contributed by atoms with Gasteiger partial charge in [-0.25, -0.2) is 9.97 Å². The zero-order chi connectivity index (χ0) is 18.5. The van der Waals surface area contributed by atoms with E-state index in [1.165, 1.54) is 4.90 Å². The van der Waals surface area contributed by atoms with Crippen molar-refractivity contribution < 1.29 is 9.53 Å². The molecule has 0 bridgehead atoms. The molecule has 0 N–H and O–H groups in total. The van der Waals surface area contributed by atoms with Gasteiger partial charge in [-0.1, -0.05) is 12.1 Å². The molecule has 1 atom stereocenters. The minimum atomic E-state index is -0.131. The fourth-order valence-electron chi connectivity index (χ4n) is 2.77. The number of rotatable bonds is 7. The third-order valence-corrected chi connectivity index (χ3v) is 4.91. The SMILES string of the molecule is COC[C@H](C)N(Cc1ccc(SC)cc1)C(=O)c1cn2cccnc2n1. The van der Waals surface area contributed by atoms with Crippen LogP contribution in [0.2, 0.25) is 0 Å². The van der Waals surface area contributed by atoms with E-state index in [-0.39, 0.29) is 11.9 Å². The summed E-state index contributed by atoms with van der Waals surface area (Å²) in [6, 6.07) is 9.97. The lowest BCUT2D eigenvalue weighted by Crippen LogP contribution is -2.40. The van der Waals surface area contributed by atoms with E-state index in [1.54, 1.807) is 40.6 Å². The highest BCUT2D eigenvalue weighted by molar-refractivity contribution is 7.98. The highest BCUT2D eigenvalue weighted by Gasteiger charge is 2.24. The molecule has 136 valence electrons. The maximum atomic E-state index is 13.1. The van der Waals surface area contributed by atoms with Gasteiger partial charge in [-0.2, -0.15) is 0 Å². The molecule has 0 unspecified atom stereocenters. The number of carbonyl (C=O) groups is 1. The molecule has 7 heteroatoms. The molecule has 0 spiro atoms. The Kier molecular flexibility index (Phi) is 5.90. The summed E-state index contributed by atoms with van der Waals surface area (Å²) >= 11 is 1.70. The molecule has 0 aliphatic carbocycles. The Morgan fingerprint density at radius 1 is 1.35 bits per heavy atom. The second-order valence-corrected chi connectivity index (χ2v) is 6.92. The molecule has 1 amide bonds. The van der Waals surface area contributed by atoms with Gasteiger partial charge in [0.15, 0.2) is 0 Å². The molecule has 6 nitrogen and oxygen atoms in total. The third-order valence-electron chi connectivity index (χ3n) is 4.17. The summed E-state index contributed by atoms with van der Waals surface area (Å²) in [5.41, 5.74) is 1.45. The molecule has 0 radical (unpaired) electrons. The van der Waals surface area contributed by atoms with Crippen LogP contribution in [0.4, 0.5) is 0 Å². The first-order chi connectivity index (χ1) is 12.6. The first-order valence-electron chi connectivity index (χ1n) is 8.35. The molecule has 0 aliphatic heterocycles. The highest BCUT2D eigenvalue weighted by atomic mass is 32.2. The Morgan fingerprint density at radius 3 is 2.77 bits per heavy atom. The van der Waals surface area contributed by atoms with Crippen LogP contribution in [0.5, 0.6) is 0 Å².